The van der Waals surface area contributed by atoms with Crippen LogP contribution in [0.3, 0.4) is 0 Å². The smallest absolute Gasteiger partial charge is 0.246 e. The first kappa shape index (κ1) is 26.9. The molecule has 5 nitrogen and oxygen atoms in total. The predicted octanol–water partition coefficient (Wildman–Crippen LogP) is 2.08. The number of hydrogen-bond acceptors (Lipinski definition) is 6. The Labute approximate surface area is 180 Å². The van der Waals surface area contributed by atoms with Crippen LogP contribution in [0.15, 0.2) is 0 Å². The SMILES string of the molecule is [C-]#CCNC(=O)COCCOC(SSCCNC(C)C)C(C)C.[Y]. The van der Waals surface area contributed by atoms with Crippen LogP contribution < -0.4 is 10.6 Å². The van der Waals surface area contributed by atoms with E-state index in [4.69, 9.17) is 15.9 Å². The van der Waals surface area contributed by atoms with Crippen LogP contribution in [0.4, 0.5) is 0 Å². The van der Waals surface area contributed by atoms with Gasteiger partial charge in [-0.15, -0.1) is 0 Å². The van der Waals surface area contributed by atoms with E-state index < -0.39 is 0 Å². The van der Waals surface area contributed by atoms with Crippen molar-refractivity contribution < 1.29 is 47.0 Å². The molecule has 2 N–H and O–H groups in total. The van der Waals surface area contributed by atoms with Crippen molar-refractivity contribution in [2.24, 2.45) is 5.92 Å². The van der Waals surface area contributed by atoms with Gasteiger partial charge in [-0.3, -0.25) is 4.79 Å². The molecule has 0 heterocycles. The Kier molecular flexibility index (Phi) is 20.8. The van der Waals surface area contributed by atoms with Gasteiger partial charge in [0.25, 0.3) is 0 Å². The molecule has 137 valence electrons. The Balaban J connectivity index is 0. The van der Waals surface area contributed by atoms with Crippen molar-refractivity contribution in [3.63, 3.8) is 0 Å². The topological polar surface area (TPSA) is 59.6 Å². The predicted molar refractivity (Wildman–Crippen MR) is 98.7 cm³/mol. The molecule has 1 atom stereocenters. The summed E-state index contributed by atoms with van der Waals surface area (Å²) < 4.78 is 11.1. The normalized spacial score (nSPS) is 11.9. The van der Waals surface area contributed by atoms with E-state index in [1.807, 2.05) is 10.8 Å². The fourth-order valence-electron chi connectivity index (χ4n) is 1.42. The van der Waals surface area contributed by atoms with Crippen molar-refractivity contribution >= 4 is 27.5 Å². The molecule has 0 spiro atoms. The Hall–Kier alpha value is 0.714. The second kappa shape index (κ2) is 18.5. The molecule has 24 heavy (non-hydrogen) atoms. The third-order valence-electron chi connectivity index (χ3n) is 2.56. The molecule has 0 bridgehead atoms. The van der Waals surface area contributed by atoms with Crippen LogP contribution >= 0.6 is 21.6 Å². The molecule has 8 heteroatoms. The minimum absolute atomic E-state index is 0. The number of amides is 1. The second-order valence-corrected chi connectivity index (χ2v) is 8.10. The fraction of sp³-hybridized carbons (Fsp3) is 0.812. The summed E-state index contributed by atoms with van der Waals surface area (Å²) in [5, 5.41) is 5.87. The molecule has 0 aliphatic heterocycles. The summed E-state index contributed by atoms with van der Waals surface area (Å²) in [5.41, 5.74) is 0.115. The summed E-state index contributed by atoms with van der Waals surface area (Å²) in [7, 11) is 3.56. The average molecular weight is 450 g/mol. The molecule has 0 aromatic heterocycles. The van der Waals surface area contributed by atoms with Crippen LogP contribution in [0, 0.1) is 18.3 Å². The van der Waals surface area contributed by atoms with Crippen LogP contribution in [0.2, 0.25) is 0 Å². The third-order valence-corrected chi connectivity index (χ3v) is 5.42. The standard InChI is InChI=1S/C16H29N2O3S2.Y/c1-6-7-18-15(19)12-20-9-10-21-16(13(2)3)23-22-11-8-17-14(4)5;/h13-14,16-17H,7-12H2,2-5H3,(H,18,19);/q-1;. The van der Waals surface area contributed by atoms with E-state index in [0.717, 1.165) is 12.3 Å². The van der Waals surface area contributed by atoms with Gasteiger partial charge in [-0.25, -0.2) is 0 Å². The largest absolute Gasteiger partial charge is 0.692 e. The van der Waals surface area contributed by atoms with Crippen LogP contribution in [0.5, 0.6) is 0 Å². The number of ether oxygens (including phenoxy) is 2. The van der Waals surface area contributed by atoms with Gasteiger partial charge in [0.1, 0.15) is 12.0 Å². The molecule has 0 aliphatic carbocycles. The molecule has 0 aromatic carbocycles. The molecular formula is C16H29N2O3S2Y-. The van der Waals surface area contributed by atoms with E-state index in [1.165, 1.54) is 0 Å². The maximum absolute atomic E-state index is 11.2. The number of carbonyl (C=O) groups is 1. The summed E-state index contributed by atoms with van der Waals surface area (Å²) >= 11 is 0. The zero-order valence-electron chi connectivity index (χ0n) is 15.1. The molecule has 1 radical (unpaired) electrons. The van der Waals surface area contributed by atoms with Crippen molar-refractivity contribution in [3.8, 4) is 5.92 Å². The number of carbonyl (C=O) groups excluding carboxylic acids is 1. The second-order valence-electron chi connectivity index (χ2n) is 5.52. The van der Waals surface area contributed by atoms with E-state index in [9.17, 15) is 4.79 Å². The van der Waals surface area contributed by atoms with Gasteiger partial charge in [-0.2, -0.15) is 0 Å². The summed E-state index contributed by atoms with van der Waals surface area (Å²) in [6, 6.07) is 0.518. The monoisotopic (exact) mass is 450 g/mol. The van der Waals surface area contributed by atoms with Gasteiger partial charge >= 0.3 is 0 Å². The molecule has 0 aromatic rings. The van der Waals surface area contributed by atoms with Crippen LogP contribution in [-0.4, -0.2) is 56.0 Å². The zero-order chi connectivity index (χ0) is 17.5. The van der Waals surface area contributed by atoms with Gasteiger partial charge < -0.3 is 32.5 Å². The number of rotatable bonds is 14. The average Bonchev–Trinajstić information content (AvgIpc) is 2.49. The summed E-state index contributed by atoms with van der Waals surface area (Å²) in [6.07, 6.45) is 6.70. The van der Waals surface area contributed by atoms with Crippen molar-refractivity contribution in [1.29, 1.82) is 0 Å². The quantitative estimate of drug-likeness (QED) is 0.139. The maximum atomic E-state index is 11.2. The first-order valence-corrected chi connectivity index (χ1v) is 10.2. The summed E-state index contributed by atoms with van der Waals surface area (Å²) in [4.78, 5) is 11.2. The van der Waals surface area contributed by atoms with Gasteiger partial charge in [-0.05, 0) is 5.92 Å². The van der Waals surface area contributed by atoms with Crippen LogP contribution in [0.1, 0.15) is 27.7 Å². The minimum Gasteiger partial charge on any atom is -0.692 e. The van der Waals surface area contributed by atoms with Crippen LogP contribution in [-0.2, 0) is 47.0 Å². The molecule has 1 unspecified atom stereocenters. The molecule has 0 rings (SSSR count). The maximum Gasteiger partial charge on any atom is 0.246 e. The van der Waals surface area contributed by atoms with Gasteiger partial charge in [0.2, 0.25) is 5.91 Å². The summed E-state index contributed by atoms with van der Waals surface area (Å²) in [6.45, 7) is 10.5. The van der Waals surface area contributed by atoms with Gasteiger partial charge in [-0.1, -0.05) is 49.3 Å². The molecule has 0 aliphatic rings. The molecular weight excluding hydrogens is 421 g/mol. The van der Waals surface area contributed by atoms with Gasteiger partial charge in [0.05, 0.1) is 13.2 Å². The van der Waals surface area contributed by atoms with E-state index in [1.54, 1.807) is 10.8 Å². The van der Waals surface area contributed by atoms with E-state index >= 15 is 0 Å². The van der Waals surface area contributed by atoms with Gasteiger partial charge in [0.15, 0.2) is 0 Å². The third kappa shape index (κ3) is 17.5. The number of nitrogens with one attached hydrogen (secondary N) is 2. The van der Waals surface area contributed by atoms with Crippen molar-refractivity contribution in [3.05, 3.63) is 6.42 Å². The molecule has 1 amide bonds. The first-order chi connectivity index (χ1) is 11.0. The number of hydrogen-bond donors (Lipinski definition) is 2. The van der Waals surface area contributed by atoms with Crippen molar-refractivity contribution in [1.82, 2.24) is 10.6 Å². The van der Waals surface area contributed by atoms with E-state index in [0.29, 0.717) is 25.2 Å². The van der Waals surface area contributed by atoms with Crippen molar-refractivity contribution in [2.75, 3.05) is 38.7 Å². The summed E-state index contributed by atoms with van der Waals surface area (Å²) in [5.74, 6) is 3.30. The Morgan fingerprint density at radius 1 is 1.25 bits per heavy atom. The molecule has 0 saturated carbocycles. The minimum atomic E-state index is -0.243. The fourth-order valence-corrected chi connectivity index (χ4v) is 4.00. The zero-order valence-corrected chi connectivity index (χ0v) is 19.6. The molecule has 0 fully saturated rings. The van der Waals surface area contributed by atoms with Crippen molar-refractivity contribution in [2.45, 2.75) is 39.2 Å². The van der Waals surface area contributed by atoms with Crippen LogP contribution in [0.25, 0.3) is 0 Å². The molecule has 0 saturated heterocycles. The first-order valence-electron chi connectivity index (χ1n) is 7.84. The Morgan fingerprint density at radius 3 is 2.54 bits per heavy atom. The van der Waals surface area contributed by atoms with E-state index in [2.05, 4.69) is 44.2 Å². The van der Waals surface area contributed by atoms with E-state index in [-0.39, 0.29) is 57.2 Å². The van der Waals surface area contributed by atoms with Gasteiger partial charge in [0, 0.05) is 57.6 Å². The Bertz CT molecular complexity index is 353. The Morgan fingerprint density at radius 2 is 1.96 bits per heavy atom.